The number of methoxy groups -OCH3 is 1. The van der Waals surface area contributed by atoms with Crippen molar-refractivity contribution < 1.29 is 19.4 Å². The zero-order valence-electron chi connectivity index (χ0n) is 19.4. The number of aromatic amines is 1. The maximum atomic E-state index is 13.5. The number of aromatic nitrogens is 1. The van der Waals surface area contributed by atoms with Gasteiger partial charge >= 0.3 is 0 Å². The van der Waals surface area contributed by atoms with Crippen LogP contribution >= 0.6 is 11.6 Å². The number of hydrogen-bond donors (Lipinski definition) is 2. The van der Waals surface area contributed by atoms with E-state index < -0.39 is 17.7 Å². The van der Waals surface area contributed by atoms with E-state index in [0.29, 0.717) is 22.0 Å². The molecular formula is C28H23ClN2O4. The van der Waals surface area contributed by atoms with E-state index in [2.05, 4.69) is 4.98 Å². The van der Waals surface area contributed by atoms with Crippen molar-refractivity contribution in [3.63, 3.8) is 0 Å². The second kappa shape index (κ2) is 8.64. The fourth-order valence-corrected chi connectivity index (χ4v) is 4.93. The molecule has 0 spiro atoms. The lowest BCUT2D eigenvalue weighted by Crippen LogP contribution is -2.29. The van der Waals surface area contributed by atoms with Gasteiger partial charge in [0.2, 0.25) is 0 Å². The van der Waals surface area contributed by atoms with Crippen LogP contribution in [-0.2, 0) is 9.59 Å². The summed E-state index contributed by atoms with van der Waals surface area (Å²) in [5.74, 6) is -1.04. The molecule has 2 N–H and O–H groups in total. The number of anilines is 1. The quantitative estimate of drug-likeness (QED) is 0.208. The summed E-state index contributed by atoms with van der Waals surface area (Å²) in [6, 6.07) is 18.7. The van der Waals surface area contributed by atoms with E-state index >= 15 is 0 Å². The molecule has 1 aromatic heterocycles. The van der Waals surface area contributed by atoms with Gasteiger partial charge in [-0.05, 0) is 67.9 Å². The van der Waals surface area contributed by atoms with Gasteiger partial charge in [-0.15, -0.1) is 0 Å². The van der Waals surface area contributed by atoms with Gasteiger partial charge in [-0.1, -0.05) is 29.8 Å². The van der Waals surface area contributed by atoms with Gasteiger partial charge in [-0.3, -0.25) is 14.5 Å². The molecule has 7 heteroatoms. The number of nitrogens with zero attached hydrogens (tertiary/aromatic N) is 1. The van der Waals surface area contributed by atoms with Crippen LogP contribution in [0.5, 0.6) is 5.75 Å². The van der Waals surface area contributed by atoms with Gasteiger partial charge in [0.25, 0.3) is 11.7 Å². The SMILES string of the molecule is COc1ccc(/C(O)=C2\C(=O)C(=O)N(c3ccc(Cl)cc3)C2c2c(C)[nH]c3ccccc23)cc1C. The number of aliphatic hydroxyl groups excluding tert-OH is 1. The number of ketones is 1. The molecular weight excluding hydrogens is 464 g/mol. The summed E-state index contributed by atoms with van der Waals surface area (Å²) in [6.07, 6.45) is 0. The van der Waals surface area contributed by atoms with Crippen LogP contribution in [0.3, 0.4) is 0 Å². The summed E-state index contributed by atoms with van der Waals surface area (Å²) in [5, 5.41) is 12.8. The lowest BCUT2D eigenvalue weighted by Gasteiger charge is -2.26. The van der Waals surface area contributed by atoms with E-state index in [1.54, 1.807) is 49.6 Å². The molecule has 176 valence electrons. The molecule has 1 atom stereocenters. The molecule has 3 aromatic carbocycles. The number of aryl methyl sites for hydroxylation is 2. The molecule has 4 aromatic rings. The Labute approximate surface area is 207 Å². The molecule has 6 nitrogen and oxygen atoms in total. The van der Waals surface area contributed by atoms with E-state index in [-0.39, 0.29) is 11.3 Å². The van der Waals surface area contributed by atoms with Crippen LogP contribution in [0.1, 0.15) is 28.4 Å². The van der Waals surface area contributed by atoms with Crippen molar-refractivity contribution in [2.75, 3.05) is 12.0 Å². The average molecular weight is 487 g/mol. The number of fused-ring (bicyclic) bond motifs is 1. The second-order valence-corrected chi connectivity index (χ2v) is 8.98. The highest BCUT2D eigenvalue weighted by atomic mass is 35.5. The highest BCUT2D eigenvalue weighted by Crippen LogP contribution is 2.45. The first-order valence-corrected chi connectivity index (χ1v) is 11.5. The maximum Gasteiger partial charge on any atom is 0.300 e. The zero-order valence-corrected chi connectivity index (χ0v) is 20.2. The molecule has 1 fully saturated rings. The second-order valence-electron chi connectivity index (χ2n) is 8.54. The number of nitrogens with one attached hydrogen (secondary N) is 1. The summed E-state index contributed by atoms with van der Waals surface area (Å²) in [7, 11) is 1.57. The molecule has 0 bridgehead atoms. The monoisotopic (exact) mass is 486 g/mol. The normalized spacial score (nSPS) is 17.4. The van der Waals surface area contributed by atoms with Crippen LogP contribution in [0.4, 0.5) is 5.69 Å². The first-order chi connectivity index (χ1) is 16.8. The van der Waals surface area contributed by atoms with Crippen molar-refractivity contribution in [2.24, 2.45) is 0 Å². The number of carbonyl (C=O) groups is 2. The largest absolute Gasteiger partial charge is 0.507 e. The van der Waals surface area contributed by atoms with Gasteiger partial charge in [0.1, 0.15) is 11.5 Å². The summed E-state index contributed by atoms with van der Waals surface area (Å²) < 4.78 is 5.33. The van der Waals surface area contributed by atoms with Gasteiger partial charge in [-0.2, -0.15) is 0 Å². The lowest BCUT2D eigenvalue weighted by molar-refractivity contribution is -0.132. The Hall–Kier alpha value is -4.03. The number of halogens is 1. The molecule has 2 heterocycles. The number of ether oxygens (including phenoxy) is 1. The van der Waals surface area contributed by atoms with Gasteiger partial charge in [0.05, 0.1) is 18.7 Å². The number of amides is 1. The van der Waals surface area contributed by atoms with Crippen molar-refractivity contribution in [2.45, 2.75) is 19.9 Å². The Morgan fingerprint density at radius 1 is 1.03 bits per heavy atom. The van der Waals surface area contributed by atoms with Crippen LogP contribution in [0.15, 0.2) is 72.3 Å². The van der Waals surface area contributed by atoms with Crippen molar-refractivity contribution in [3.05, 3.63) is 99.7 Å². The van der Waals surface area contributed by atoms with Gasteiger partial charge in [0, 0.05) is 38.4 Å². The van der Waals surface area contributed by atoms with E-state index in [0.717, 1.165) is 27.7 Å². The minimum Gasteiger partial charge on any atom is -0.507 e. The molecule has 0 radical (unpaired) electrons. The number of para-hydroxylation sites is 1. The smallest absolute Gasteiger partial charge is 0.300 e. The zero-order chi connectivity index (χ0) is 24.9. The van der Waals surface area contributed by atoms with Gasteiger partial charge < -0.3 is 14.8 Å². The standard InChI is InChI=1S/C28H23ClN2O4/c1-15-14-17(8-13-22(15)35-3)26(32)24-25(23-16(2)30-21-7-5-4-6-20(21)23)31(28(34)27(24)33)19-11-9-18(29)10-12-19/h4-14,25,30,32H,1-3H3/b26-24+. The predicted octanol–water partition coefficient (Wildman–Crippen LogP) is 6.07. The van der Waals surface area contributed by atoms with Crippen LogP contribution in [-0.4, -0.2) is 28.9 Å². The Morgan fingerprint density at radius 2 is 1.74 bits per heavy atom. The third-order valence-corrected chi connectivity index (χ3v) is 6.69. The molecule has 35 heavy (non-hydrogen) atoms. The molecule has 5 rings (SSSR count). The number of aliphatic hydroxyl groups is 1. The number of Topliss-reactive ketones (excluding diaryl/α,β-unsaturated/α-hetero) is 1. The number of hydrogen-bond acceptors (Lipinski definition) is 4. The van der Waals surface area contributed by atoms with Gasteiger partial charge in [0.15, 0.2) is 0 Å². The number of rotatable bonds is 4. The van der Waals surface area contributed by atoms with E-state index in [9.17, 15) is 14.7 Å². The Bertz CT molecular complexity index is 1520. The van der Waals surface area contributed by atoms with Crippen molar-refractivity contribution in [1.29, 1.82) is 0 Å². The molecule has 1 unspecified atom stereocenters. The number of carbonyl (C=O) groups excluding carboxylic acids is 2. The average Bonchev–Trinajstić information content (AvgIpc) is 3.31. The first kappa shape index (κ1) is 22.7. The van der Waals surface area contributed by atoms with E-state index in [1.807, 2.05) is 38.1 Å². The minimum absolute atomic E-state index is 0.0300. The fourth-order valence-electron chi connectivity index (χ4n) is 4.81. The Balaban J connectivity index is 1.80. The summed E-state index contributed by atoms with van der Waals surface area (Å²) in [5.41, 5.74) is 4.19. The van der Waals surface area contributed by atoms with E-state index in [1.165, 1.54) is 4.90 Å². The highest BCUT2D eigenvalue weighted by Gasteiger charge is 2.48. The lowest BCUT2D eigenvalue weighted by atomic mass is 9.92. The van der Waals surface area contributed by atoms with E-state index in [4.69, 9.17) is 16.3 Å². The minimum atomic E-state index is -0.838. The molecule has 1 amide bonds. The first-order valence-electron chi connectivity index (χ1n) is 11.1. The maximum absolute atomic E-state index is 13.5. The fraction of sp³-hybridized carbons (Fsp3) is 0.143. The summed E-state index contributed by atoms with van der Waals surface area (Å²) in [6.45, 7) is 3.75. The molecule has 1 aliphatic rings. The van der Waals surface area contributed by atoms with Gasteiger partial charge in [-0.25, -0.2) is 0 Å². The Kier molecular flexibility index (Phi) is 5.61. The molecule has 1 saturated heterocycles. The predicted molar refractivity (Wildman–Crippen MR) is 137 cm³/mol. The summed E-state index contributed by atoms with van der Waals surface area (Å²) in [4.78, 5) is 31.7. The third kappa shape index (κ3) is 3.67. The van der Waals surface area contributed by atoms with Crippen molar-refractivity contribution in [3.8, 4) is 5.75 Å². The summed E-state index contributed by atoms with van der Waals surface area (Å²) >= 11 is 6.09. The third-order valence-electron chi connectivity index (χ3n) is 6.43. The highest BCUT2D eigenvalue weighted by molar-refractivity contribution is 6.52. The number of benzene rings is 3. The van der Waals surface area contributed by atoms with Crippen molar-refractivity contribution >= 4 is 45.6 Å². The molecule has 0 saturated carbocycles. The number of H-pyrrole nitrogens is 1. The molecule has 0 aliphatic carbocycles. The van der Waals surface area contributed by atoms with Crippen LogP contribution < -0.4 is 9.64 Å². The van der Waals surface area contributed by atoms with Crippen LogP contribution in [0.2, 0.25) is 5.02 Å². The topological polar surface area (TPSA) is 82.6 Å². The van der Waals surface area contributed by atoms with Crippen LogP contribution in [0, 0.1) is 13.8 Å². The van der Waals surface area contributed by atoms with Crippen LogP contribution in [0.25, 0.3) is 16.7 Å². The Morgan fingerprint density at radius 3 is 2.43 bits per heavy atom. The van der Waals surface area contributed by atoms with Crippen molar-refractivity contribution in [1.82, 2.24) is 4.98 Å². The molecule has 1 aliphatic heterocycles.